The van der Waals surface area contributed by atoms with Crippen molar-refractivity contribution in [1.29, 1.82) is 0 Å². The molecule has 0 bridgehead atoms. The van der Waals surface area contributed by atoms with Gasteiger partial charge in [-0.25, -0.2) is 8.42 Å². The fraction of sp³-hybridized carbons (Fsp3) is 0.412. The van der Waals surface area contributed by atoms with Gasteiger partial charge in [0, 0.05) is 22.6 Å². The van der Waals surface area contributed by atoms with Crippen molar-refractivity contribution >= 4 is 50.7 Å². The van der Waals surface area contributed by atoms with Crippen molar-refractivity contribution in [2.75, 3.05) is 10.8 Å². The molecule has 1 atom stereocenters. The number of hydrogen-bond acceptors (Lipinski definition) is 4. The third-order valence-corrected chi connectivity index (χ3v) is 10.5. The number of benzene rings is 3. The zero-order valence-electron chi connectivity index (χ0n) is 25.5. The number of hydrogen-bond donors (Lipinski definition) is 1. The molecule has 44 heavy (non-hydrogen) atoms. The molecule has 10 heteroatoms. The summed E-state index contributed by atoms with van der Waals surface area (Å²) in [5.41, 5.74) is 2.00. The number of anilines is 1. The molecule has 0 unspecified atom stereocenters. The zero-order chi connectivity index (χ0) is 31.9. The highest BCUT2D eigenvalue weighted by molar-refractivity contribution is 7.92. The molecule has 1 aliphatic rings. The smallest absolute Gasteiger partial charge is 0.264 e. The van der Waals surface area contributed by atoms with Crippen LogP contribution in [0.3, 0.4) is 0 Å². The number of halogens is 2. The summed E-state index contributed by atoms with van der Waals surface area (Å²) in [6, 6.07) is 19.4. The summed E-state index contributed by atoms with van der Waals surface area (Å²) in [6.07, 6.45) is 5.37. The Hall–Kier alpha value is -3.07. The molecule has 0 saturated heterocycles. The normalized spacial score (nSPS) is 14.7. The third kappa shape index (κ3) is 8.34. The van der Waals surface area contributed by atoms with E-state index in [1.807, 2.05) is 19.1 Å². The van der Waals surface area contributed by atoms with Gasteiger partial charge in [-0.05, 0) is 72.7 Å². The maximum Gasteiger partial charge on any atom is 0.264 e. The third-order valence-electron chi connectivity index (χ3n) is 8.15. The Morgan fingerprint density at radius 3 is 2.18 bits per heavy atom. The molecule has 0 aromatic heterocycles. The van der Waals surface area contributed by atoms with Gasteiger partial charge in [0.05, 0.1) is 10.6 Å². The molecule has 7 nitrogen and oxygen atoms in total. The summed E-state index contributed by atoms with van der Waals surface area (Å²) >= 11 is 12.7. The SMILES string of the molecule is CC[C@H](C(=O)NC1CCCCC1)N(Cc1ccc(Cl)cc1Cl)C(=O)CN(c1ccc(C(C)C)cc1)S(=O)(=O)c1ccccc1. The second-order valence-corrected chi connectivity index (χ2v) is 14.3. The maximum atomic E-state index is 14.3. The number of carbonyl (C=O) groups is 2. The van der Waals surface area contributed by atoms with Gasteiger partial charge in [0.2, 0.25) is 11.8 Å². The minimum atomic E-state index is -4.14. The average molecular weight is 659 g/mol. The Kier molecular flexibility index (Phi) is 11.7. The van der Waals surface area contributed by atoms with E-state index in [4.69, 9.17) is 23.2 Å². The molecule has 0 aliphatic heterocycles. The standard InChI is InChI=1S/C34H41Cl2N3O4S/c1-4-32(34(41)37-28-11-7-5-8-12-28)38(22-26-15-18-27(35)21-31(26)36)33(40)23-39(29-19-16-25(17-20-29)24(2)3)44(42,43)30-13-9-6-10-14-30/h6,9-10,13-21,24,28,32H,4-5,7-8,11-12,22-23H2,1-3H3,(H,37,41)/t32-/m1/s1. The van der Waals surface area contributed by atoms with E-state index in [2.05, 4.69) is 19.2 Å². The highest BCUT2D eigenvalue weighted by Gasteiger charge is 2.34. The van der Waals surface area contributed by atoms with Crippen LogP contribution in [0.15, 0.2) is 77.7 Å². The van der Waals surface area contributed by atoms with Gasteiger partial charge in [-0.1, -0.05) is 99.6 Å². The van der Waals surface area contributed by atoms with Crippen LogP contribution in [-0.2, 0) is 26.2 Å². The van der Waals surface area contributed by atoms with Crippen molar-refractivity contribution in [1.82, 2.24) is 10.2 Å². The van der Waals surface area contributed by atoms with Gasteiger partial charge in [-0.15, -0.1) is 0 Å². The van der Waals surface area contributed by atoms with Crippen LogP contribution >= 0.6 is 23.2 Å². The van der Waals surface area contributed by atoms with E-state index in [1.165, 1.54) is 17.0 Å². The molecule has 1 saturated carbocycles. The Bertz CT molecular complexity index is 1530. The Labute approximate surface area is 271 Å². The van der Waals surface area contributed by atoms with E-state index >= 15 is 0 Å². The number of rotatable bonds is 12. The molecule has 4 rings (SSSR count). The number of nitrogens with zero attached hydrogens (tertiary/aromatic N) is 2. The molecule has 2 amide bonds. The average Bonchev–Trinajstić information content (AvgIpc) is 3.01. The number of amides is 2. The van der Waals surface area contributed by atoms with Gasteiger partial charge in [-0.3, -0.25) is 13.9 Å². The lowest BCUT2D eigenvalue weighted by molar-refractivity contribution is -0.140. The predicted molar refractivity (Wildman–Crippen MR) is 178 cm³/mol. The van der Waals surface area contributed by atoms with Crippen molar-refractivity contribution in [3.05, 3.63) is 94.0 Å². The molecule has 0 radical (unpaired) electrons. The molecule has 0 heterocycles. The molecule has 3 aromatic carbocycles. The molecule has 1 fully saturated rings. The highest BCUT2D eigenvalue weighted by Crippen LogP contribution is 2.28. The fourth-order valence-corrected chi connectivity index (χ4v) is 7.47. The van der Waals surface area contributed by atoms with Crippen LogP contribution in [0.25, 0.3) is 0 Å². The topological polar surface area (TPSA) is 86.8 Å². The van der Waals surface area contributed by atoms with E-state index in [0.29, 0.717) is 27.7 Å². The number of nitrogens with one attached hydrogen (secondary N) is 1. The van der Waals surface area contributed by atoms with Crippen molar-refractivity contribution in [2.45, 2.75) is 88.7 Å². The minimum absolute atomic E-state index is 0.0109. The van der Waals surface area contributed by atoms with Crippen LogP contribution in [-0.4, -0.2) is 43.8 Å². The molecular weight excluding hydrogens is 617 g/mol. The van der Waals surface area contributed by atoms with Crippen molar-refractivity contribution in [2.24, 2.45) is 0 Å². The molecule has 3 aromatic rings. The van der Waals surface area contributed by atoms with Gasteiger partial charge in [0.1, 0.15) is 12.6 Å². The van der Waals surface area contributed by atoms with E-state index in [1.54, 1.807) is 48.5 Å². The van der Waals surface area contributed by atoms with E-state index in [9.17, 15) is 18.0 Å². The van der Waals surface area contributed by atoms with Gasteiger partial charge in [-0.2, -0.15) is 0 Å². The summed E-state index contributed by atoms with van der Waals surface area (Å²) in [5, 5.41) is 3.96. The van der Waals surface area contributed by atoms with E-state index in [0.717, 1.165) is 42.0 Å². The summed E-state index contributed by atoms with van der Waals surface area (Å²) in [7, 11) is -4.14. The van der Waals surface area contributed by atoms with Crippen LogP contribution in [0.1, 0.15) is 76.3 Å². The zero-order valence-corrected chi connectivity index (χ0v) is 27.8. The van der Waals surface area contributed by atoms with Gasteiger partial charge < -0.3 is 10.2 Å². The lowest BCUT2D eigenvalue weighted by Gasteiger charge is -2.34. The Morgan fingerprint density at radius 1 is 0.932 bits per heavy atom. The summed E-state index contributed by atoms with van der Waals surface area (Å²) in [5.74, 6) is -0.525. The van der Waals surface area contributed by atoms with Crippen LogP contribution in [0.5, 0.6) is 0 Å². The summed E-state index contributed by atoms with van der Waals surface area (Å²) in [4.78, 5) is 29.5. The van der Waals surface area contributed by atoms with Crippen molar-refractivity contribution in [3.8, 4) is 0 Å². The van der Waals surface area contributed by atoms with E-state index < -0.39 is 28.5 Å². The minimum Gasteiger partial charge on any atom is -0.352 e. The van der Waals surface area contributed by atoms with Crippen LogP contribution < -0.4 is 9.62 Å². The summed E-state index contributed by atoms with van der Waals surface area (Å²) < 4.78 is 29.2. The molecule has 0 spiro atoms. The Balaban J connectivity index is 1.72. The number of sulfonamides is 1. The molecule has 1 aliphatic carbocycles. The van der Waals surface area contributed by atoms with E-state index in [-0.39, 0.29) is 29.3 Å². The molecule has 236 valence electrons. The van der Waals surface area contributed by atoms with Gasteiger partial charge >= 0.3 is 0 Å². The lowest BCUT2D eigenvalue weighted by Crippen LogP contribution is -2.54. The first kappa shape index (κ1) is 33.8. The first-order chi connectivity index (χ1) is 21.0. The molecular formula is C34H41Cl2N3O4S. The number of carbonyl (C=O) groups excluding carboxylic acids is 2. The summed E-state index contributed by atoms with van der Waals surface area (Å²) in [6.45, 7) is 5.46. The van der Waals surface area contributed by atoms with Gasteiger partial charge in [0.15, 0.2) is 0 Å². The second kappa shape index (κ2) is 15.3. The van der Waals surface area contributed by atoms with Crippen molar-refractivity contribution < 1.29 is 18.0 Å². The van der Waals surface area contributed by atoms with Gasteiger partial charge in [0.25, 0.3) is 10.0 Å². The van der Waals surface area contributed by atoms with Crippen LogP contribution in [0.4, 0.5) is 5.69 Å². The largest absolute Gasteiger partial charge is 0.352 e. The van der Waals surface area contributed by atoms with Crippen LogP contribution in [0.2, 0.25) is 10.0 Å². The van der Waals surface area contributed by atoms with Crippen LogP contribution in [0, 0.1) is 0 Å². The quantitative estimate of drug-likeness (QED) is 0.218. The lowest BCUT2D eigenvalue weighted by atomic mass is 9.95. The second-order valence-electron chi connectivity index (χ2n) is 11.6. The Morgan fingerprint density at radius 2 is 1.59 bits per heavy atom. The highest BCUT2D eigenvalue weighted by atomic mass is 35.5. The molecule has 1 N–H and O–H groups in total. The first-order valence-electron chi connectivity index (χ1n) is 15.2. The first-order valence-corrected chi connectivity index (χ1v) is 17.4. The fourth-order valence-electron chi connectivity index (χ4n) is 5.57. The van der Waals surface area contributed by atoms with Crippen molar-refractivity contribution in [3.63, 3.8) is 0 Å². The predicted octanol–water partition coefficient (Wildman–Crippen LogP) is 7.57. The maximum absolute atomic E-state index is 14.3. The monoisotopic (exact) mass is 657 g/mol.